The van der Waals surface area contributed by atoms with Gasteiger partial charge in [-0.2, -0.15) is 5.21 Å². The Labute approximate surface area is 131 Å². The van der Waals surface area contributed by atoms with Crippen LogP contribution in [0.15, 0.2) is 65.6 Å². The quantitative estimate of drug-likeness (QED) is 0.708. The summed E-state index contributed by atoms with van der Waals surface area (Å²) in [6.45, 7) is 0. The molecule has 7 heteroatoms. The molecule has 0 saturated carbocycles. The summed E-state index contributed by atoms with van der Waals surface area (Å²) in [5.41, 5.74) is 0.914. The lowest BCUT2D eigenvalue weighted by Gasteiger charge is -2.15. The predicted octanol–water partition coefficient (Wildman–Crippen LogP) is 2.67. The highest BCUT2D eigenvalue weighted by atomic mass is 32.2. The molecule has 0 fully saturated rings. The standard InChI is InChI=1S/C15H13N5OS/c21-14(16-15-17-19-20-18-15)13(11-7-3-1-4-8-11)22-12-9-5-2-6-10-12/h1-10,13H,(H2,16,17,18,19,20,21)/t13-/m0/s1. The largest absolute Gasteiger partial charge is 0.291 e. The third kappa shape index (κ3) is 3.50. The molecule has 1 heterocycles. The van der Waals surface area contributed by atoms with Crippen molar-refractivity contribution in [2.45, 2.75) is 10.1 Å². The summed E-state index contributed by atoms with van der Waals surface area (Å²) in [6.07, 6.45) is 0. The van der Waals surface area contributed by atoms with Gasteiger partial charge in [0.25, 0.3) is 5.95 Å². The van der Waals surface area contributed by atoms with Crippen LogP contribution in [0.2, 0.25) is 0 Å². The normalized spacial score (nSPS) is 11.8. The number of aromatic amines is 1. The van der Waals surface area contributed by atoms with Crippen molar-refractivity contribution in [3.8, 4) is 0 Å². The average Bonchev–Trinajstić information content (AvgIpc) is 3.07. The molecular weight excluding hydrogens is 298 g/mol. The van der Waals surface area contributed by atoms with E-state index in [1.54, 1.807) is 0 Å². The fourth-order valence-electron chi connectivity index (χ4n) is 1.93. The number of rotatable bonds is 5. The predicted molar refractivity (Wildman–Crippen MR) is 84.3 cm³/mol. The third-order valence-corrected chi connectivity index (χ3v) is 4.18. The number of anilines is 1. The van der Waals surface area contributed by atoms with Gasteiger partial charge < -0.3 is 0 Å². The number of hydrogen-bond donors (Lipinski definition) is 2. The van der Waals surface area contributed by atoms with Crippen molar-refractivity contribution in [2.24, 2.45) is 0 Å². The third-order valence-electron chi connectivity index (χ3n) is 2.92. The first kappa shape index (κ1) is 14.3. The second kappa shape index (κ2) is 6.86. The zero-order valence-corrected chi connectivity index (χ0v) is 12.3. The van der Waals surface area contributed by atoms with Gasteiger partial charge in [0.05, 0.1) is 0 Å². The summed E-state index contributed by atoms with van der Waals surface area (Å²) < 4.78 is 0. The van der Waals surface area contributed by atoms with Crippen molar-refractivity contribution in [1.82, 2.24) is 20.6 Å². The number of hydrogen-bond acceptors (Lipinski definition) is 5. The van der Waals surface area contributed by atoms with Gasteiger partial charge in [0, 0.05) is 4.90 Å². The van der Waals surface area contributed by atoms with E-state index in [9.17, 15) is 4.79 Å². The number of aromatic nitrogens is 4. The van der Waals surface area contributed by atoms with Gasteiger partial charge in [0.2, 0.25) is 5.91 Å². The molecule has 0 aliphatic rings. The Kier molecular flexibility index (Phi) is 4.45. The van der Waals surface area contributed by atoms with E-state index in [1.165, 1.54) is 11.8 Å². The minimum Gasteiger partial charge on any atom is -0.291 e. The van der Waals surface area contributed by atoms with Gasteiger partial charge in [-0.25, -0.2) is 0 Å². The van der Waals surface area contributed by atoms with E-state index in [0.717, 1.165) is 10.5 Å². The van der Waals surface area contributed by atoms with E-state index < -0.39 is 5.25 Å². The Balaban J connectivity index is 1.84. The fourth-order valence-corrected chi connectivity index (χ4v) is 2.97. The Bertz CT molecular complexity index is 718. The van der Waals surface area contributed by atoms with Crippen LogP contribution in [0.25, 0.3) is 0 Å². The molecule has 110 valence electrons. The summed E-state index contributed by atoms with van der Waals surface area (Å²) in [7, 11) is 0. The molecule has 22 heavy (non-hydrogen) atoms. The van der Waals surface area contributed by atoms with E-state index in [2.05, 4.69) is 25.9 Å². The molecule has 1 amide bonds. The van der Waals surface area contributed by atoms with E-state index in [4.69, 9.17) is 0 Å². The lowest BCUT2D eigenvalue weighted by atomic mass is 10.1. The van der Waals surface area contributed by atoms with Crippen molar-refractivity contribution < 1.29 is 4.79 Å². The Hall–Kier alpha value is -2.67. The number of nitrogens with zero attached hydrogens (tertiary/aromatic N) is 3. The first-order chi connectivity index (χ1) is 10.8. The van der Waals surface area contributed by atoms with Crippen LogP contribution in [0.5, 0.6) is 0 Å². The molecule has 6 nitrogen and oxygen atoms in total. The molecule has 3 aromatic rings. The monoisotopic (exact) mass is 311 g/mol. The van der Waals surface area contributed by atoms with E-state index in [0.29, 0.717) is 0 Å². The van der Waals surface area contributed by atoms with Crippen molar-refractivity contribution in [3.05, 3.63) is 66.2 Å². The highest BCUT2D eigenvalue weighted by Gasteiger charge is 2.23. The Morgan fingerprint density at radius 1 is 1.05 bits per heavy atom. The number of H-pyrrole nitrogens is 1. The number of benzene rings is 2. The average molecular weight is 311 g/mol. The SMILES string of the molecule is O=C(Nc1nn[nH]n1)[C@@H](Sc1ccccc1)c1ccccc1. The van der Waals surface area contributed by atoms with Gasteiger partial charge in [0.1, 0.15) is 5.25 Å². The Morgan fingerprint density at radius 2 is 1.73 bits per heavy atom. The summed E-state index contributed by atoms with van der Waals surface area (Å²) in [5, 5.41) is 15.5. The molecule has 2 aromatic carbocycles. The maximum absolute atomic E-state index is 12.6. The van der Waals surface area contributed by atoms with Gasteiger partial charge in [-0.3, -0.25) is 10.1 Å². The summed E-state index contributed by atoms with van der Waals surface area (Å²) in [4.78, 5) is 13.6. The summed E-state index contributed by atoms with van der Waals surface area (Å²) >= 11 is 1.47. The minimum absolute atomic E-state index is 0.166. The number of carbonyl (C=O) groups excluding carboxylic acids is 1. The van der Waals surface area contributed by atoms with Gasteiger partial charge in [-0.15, -0.1) is 16.9 Å². The van der Waals surface area contributed by atoms with Crippen molar-refractivity contribution >= 4 is 23.6 Å². The highest BCUT2D eigenvalue weighted by Crippen LogP contribution is 2.35. The van der Waals surface area contributed by atoms with Crippen molar-refractivity contribution in [3.63, 3.8) is 0 Å². The molecule has 0 bridgehead atoms. The Morgan fingerprint density at radius 3 is 2.36 bits per heavy atom. The van der Waals surface area contributed by atoms with Crippen LogP contribution in [-0.4, -0.2) is 26.5 Å². The molecule has 0 radical (unpaired) electrons. The lowest BCUT2D eigenvalue weighted by Crippen LogP contribution is -2.19. The topological polar surface area (TPSA) is 83.6 Å². The van der Waals surface area contributed by atoms with Crippen LogP contribution in [-0.2, 0) is 4.79 Å². The molecule has 1 aromatic heterocycles. The molecule has 0 spiro atoms. The number of nitrogens with one attached hydrogen (secondary N) is 2. The number of thioether (sulfide) groups is 1. The second-order valence-electron chi connectivity index (χ2n) is 4.45. The van der Waals surface area contributed by atoms with Gasteiger partial charge >= 0.3 is 0 Å². The molecule has 0 aliphatic heterocycles. The molecule has 3 rings (SSSR count). The first-order valence-electron chi connectivity index (χ1n) is 6.64. The molecule has 1 atom stereocenters. The van der Waals surface area contributed by atoms with Crippen LogP contribution in [0.3, 0.4) is 0 Å². The molecule has 0 unspecified atom stereocenters. The van der Waals surface area contributed by atoms with Crippen LogP contribution >= 0.6 is 11.8 Å². The van der Waals surface area contributed by atoms with Gasteiger partial charge in [-0.1, -0.05) is 53.6 Å². The van der Waals surface area contributed by atoms with E-state index in [-0.39, 0.29) is 11.9 Å². The lowest BCUT2D eigenvalue weighted by molar-refractivity contribution is -0.115. The highest BCUT2D eigenvalue weighted by molar-refractivity contribution is 8.00. The van der Waals surface area contributed by atoms with Crippen LogP contribution in [0.4, 0.5) is 5.95 Å². The number of carbonyl (C=O) groups is 1. The fraction of sp³-hybridized carbons (Fsp3) is 0.0667. The molecular formula is C15H13N5OS. The smallest absolute Gasteiger partial charge is 0.269 e. The molecule has 0 aliphatic carbocycles. The first-order valence-corrected chi connectivity index (χ1v) is 7.52. The zero-order valence-electron chi connectivity index (χ0n) is 11.5. The molecule has 2 N–H and O–H groups in total. The van der Waals surface area contributed by atoms with E-state index >= 15 is 0 Å². The van der Waals surface area contributed by atoms with Crippen LogP contribution < -0.4 is 5.32 Å². The molecule has 0 saturated heterocycles. The minimum atomic E-state index is -0.401. The van der Waals surface area contributed by atoms with Crippen LogP contribution in [0, 0.1) is 0 Å². The maximum atomic E-state index is 12.6. The maximum Gasteiger partial charge on any atom is 0.269 e. The van der Waals surface area contributed by atoms with Gasteiger partial charge in [-0.05, 0) is 22.9 Å². The van der Waals surface area contributed by atoms with Crippen molar-refractivity contribution in [2.75, 3.05) is 5.32 Å². The van der Waals surface area contributed by atoms with Crippen molar-refractivity contribution in [1.29, 1.82) is 0 Å². The summed E-state index contributed by atoms with van der Waals surface area (Å²) in [5.74, 6) is -0.0268. The number of amides is 1. The zero-order chi connectivity index (χ0) is 15.2. The van der Waals surface area contributed by atoms with E-state index in [1.807, 2.05) is 60.7 Å². The number of tetrazole rings is 1. The van der Waals surface area contributed by atoms with Gasteiger partial charge in [0.15, 0.2) is 0 Å². The summed E-state index contributed by atoms with van der Waals surface area (Å²) in [6, 6.07) is 19.4. The van der Waals surface area contributed by atoms with Crippen LogP contribution in [0.1, 0.15) is 10.8 Å². The second-order valence-corrected chi connectivity index (χ2v) is 5.62.